The third kappa shape index (κ3) is 9.23. The Morgan fingerprint density at radius 3 is 2.34 bits per heavy atom. The number of carbonyl (C=O) groups is 4. The van der Waals surface area contributed by atoms with Crippen molar-refractivity contribution >= 4 is 51.9 Å². The molecule has 1 heterocycles. The van der Waals surface area contributed by atoms with Gasteiger partial charge in [0.25, 0.3) is 0 Å². The number of likely N-dealkylation sites (N-methyl/N-ethyl adjacent to an activating group) is 1. The lowest BCUT2D eigenvalue weighted by Gasteiger charge is -2.36. The first-order valence-corrected chi connectivity index (χ1v) is 15.6. The van der Waals surface area contributed by atoms with Gasteiger partial charge in [-0.15, -0.1) is 16.9 Å². The van der Waals surface area contributed by atoms with E-state index in [1.54, 1.807) is 14.0 Å². The molecule has 5 N–H and O–H groups in total. The predicted octanol–water partition coefficient (Wildman–Crippen LogP) is 2.91. The van der Waals surface area contributed by atoms with Crippen LogP contribution in [0.4, 0.5) is 5.00 Å². The van der Waals surface area contributed by atoms with Crippen LogP contribution in [0.3, 0.4) is 0 Å². The van der Waals surface area contributed by atoms with Gasteiger partial charge in [-0.3, -0.25) is 19.2 Å². The average Bonchev–Trinajstić information content (AvgIpc) is 3.42. The molecule has 1 aromatic heterocycles. The van der Waals surface area contributed by atoms with Crippen molar-refractivity contribution in [1.82, 2.24) is 30.9 Å². The summed E-state index contributed by atoms with van der Waals surface area (Å²) in [7, 11) is 1.69. The third-order valence-corrected chi connectivity index (χ3v) is 9.22. The van der Waals surface area contributed by atoms with Crippen molar-refractivity contribution in [3.63, 3.8) is 0 Å². The van der Waals surface area contributed by atoms with Crippen LogP contribution in [0.25, 0.3) is 11.3 Å². The molecule has 1 aliphatic rings. The molecule has 11 nitrogen and oxygen atoms in total. The van der Waals surface area contributed by atoms with E-state index < -0.39 is 34.7 Å². The summed E-state index contributed by atoms with van der Waals surface area (Å²) in [6.07, 6.45) is 4.69. The first-order chi connectivity index (χ1) is 19.5. The van der Waals surface area contributed by atoms with Gasteiger partial charge in [0.05, 0.1) is 11.9 Å². The lowest BCUT2D eigenvalue weighted by atomic mass is 9.83. The van der Waals surface area contributed by atoms with Gasteiger partial charge in [-0.25, -0.2) is 0 Å². The van der Waals surface area contributed by atoms with E-state index in [0.717, 1.165) is 49.2 Å². The summed E-state index contributed by atoms with van der Waals surface area (Å²) in [5.41, 5.74) is 1.33. The number of aromatic nitrogens is 2. The van der Waals surface area contributed by atoms with Gasteiger partial charge in [0.15, 0.2) is 0 Å². The first kappa shape index (κ1) is 32.5. The van der Waals surface area contributed by atoms with Crippen molar-refractivity contribution in [3.05, 3.63) is 30.3 Å². The molecule has 0 saturated heterocycles. The van der Waals surface area contributed by atoms with Crippen molar-refractivity contribution < 1.29 is 19.2 Å². The van der Waals surface area contributed by atoms with Crippen LogP contribution in [0.1, 0.15) is 59.8 Å². The molecular formula is C28H41N7O4S2. The molecular weight excluding hydrogens is 562 g/mol. The molecule has 41 heavy (non-hydrogen) atoms. The Morgan fingerprint density at radius 1 is 1.02 bits per heavy atom. The number of nitrogens with one attached hydrogen (secondary N) is 5. The van der Waals surface area contributed by atoms with Crippen molar-refractivity contribution in [2.45, 2.75) is 82.7 Å². The highest BCUT2D eigenvalue weighted by Crippen LogP contribution is 2.33. The summed E-state index contributed by atoms with van der Waals surface area (Å²) >= 11 is 2.39. The number of hydrogen-bond acceptors (Lipinski definition) is 9. The van der Waals surface area contributed by atoms with Crippen molar-refractivity contribution in [2.24, 2.45) is 5.92 Å². The zero-order valence-electron chi connectivity index (χ0n) is 24.3. The molecule has 0 bridgehead atoms. The molecule has 0 unspecified atom stereocenters. The van der Waals surface area contributed by atoms with Crippen molar-refractivity contribution in [2.75, 3.05) is 18.2 Å². The fourth-order valence-corrected chi connectivity index (χ4v) is 6.29. The highest BCUT2D eigenvalue weighted by molar-refractivity contribution is 8.00. The van der Waals surface area contributed by atoms with E-state index in [-0.39, 0.29) is 23.6 Å². The van der Waals surface area contributed by atoms with Crippen LogP contribution < -0.4 is 26.6 Å². The van der Waals surface area contributed by atoms with Gasteiger partial charge in [-0.05, 0) is 46.6 Å². The molecule has 0 radical (unpaired) electrons. The number of anilines is 1. The highest BCUT2D eigenvalue weighted by Gasteiger charge is 2.41. The van der Waals surface area contributed by atoms with Gasteiger partial charge in [0.2, 0.25) is 23.6 Å². The summed E-state index contributed by atoms with van der Waals surface area (Å²) in [6, 6.07) is 7.12. The van der Waals surface area contributed by atoms with E-state index in [2.05, 4.69) is 36.2 Å². The Hall–Kier alpha value is -3.03. The van der Waals surface area contributed by atoms with Gasteiger partial charge in [-0.2, -0.15) is 0 Å². The van der Waals surface area contributed by atoms with Crippen LogP contribution in [0.5, 0.6) is 0 Å². The summed E-state index contributed by atoms with van der Waals surface area (Å²) < 4.78 is 3.19. The van der Waals surface area contributed by atoms with Crippen LogP contribution in [-0.2, 0) is 19.2 Å². The molecule has 3 rings (SSSR count). The summed E-state index contributed by atoms with van der Waals surface area (Å²) in [5, 5.41) is 19.2. The smallest absolute Gasteiger partial charge is 0.249 e. The Bertz CT molecular complexity index is 1190. The standard InChI is InChI=1S/C28H41N7O4S2/c1-17(29-5)24(37)31-21(19-12-8-6-9-13-19)25(38)32-23(28(3,4)40-16-30-18(2)36)26(39)33-27-22(34-35-41-27)20-14-10-7-11-15-20/h7,10-11,14-15,17,19,21,23,29H,6,8-9,12-13,16H2,1-5H3,(H,30,36)(H,31,37)(H,32,38)(H,33,39)/t17-,21-,23+/m0/s1. The maximum absolute atomic E-state index is 13.9. The van der Waals surface area contributed by atoms with Crippen LogP contribution in [-0.4, -0.2) is 69.0 Å². The molecule has 1 fully saturated rings. The number of thioether (sulfide) groups is 1. The van der Waals surface area contributed by atoms with Crippen molar-refractivity contribution in [3.8, 4) is 11.3 Å². The summed E-state index contributed by atoms with van der Waals surface area (Å²) in [6.45, 7) is 6.83. The van der Waals surface area contributed by atoms with Gasteiger partial charge < -0.3 is 26.6 Å². The normalized spacial score (nSPS) is 16.2. The molecule has 3 atom stereocenters. The van der Waals surface area contributed by atoms with Crippen LogP contribution >= 0.6 is 23.3 Å². The predicted molar refractivity (Wildman–Crippen MR) is 163 cm³/mol. The van der Waals surface area contributed by atoms with Crippen LogP contribution in [0.15, 0.2) is 30.3 Å². The number of hydrogen-bond donors (Lipinski definition) is 5. The van der Waals surface area contributed by atoms with Crippen LogP contribution in [0, 0.1) is 5.92 Å². The second-order valence-corrected chi connectivity index (χ2v) is 13.2. The van der Waals surface area contributed by atoms with Gasteiger partial charge in [0, 0.05) is 28.8 Å². The summed E-state index contributed by atoms with van der Waals surface area (Å²) in [5.74, 6) is -1.11. The van der Waals surface area contributed by atoms with E-state index in [4.69, 9.17) is 0 Å². The highest BCUT2D eigenvalue weighted by atomic mass is 32.2. The number of rotatable bonds is 13. The Labute approximate surface area is 249 Å². The fourth-order valence-electron chi connectivity index (χ4n) is 4.71. The first-order valence-electron chi connectivity index (χ1n) is 13.9. The Morgan fingerprint density at radius 2 is 1.71 bits per heavy atom. The summed E-state index contributed by atoms with van der Waals surface area (Å²) in [4.78, 5) is 52.1. The number of carbonyl (C=O) groups excluding carboxylic acids is 4. The fraction of sp³-hybridized carbons (Fsp3) is 0.571. The molecule has 13 heteroatoms. The van der Waals surface area contributed by atoms with Crippen molar-refractivity contribution in [1.29, 1.82) is 0 Å². The van der Waals surface area contributed by atoms with Crippen LogP contribution in [0.2, 0.25) is 0 Å². The molecule has 1 aliphatic carbocycles. The molecule has 4 amide bonds. The molecule has 0 aliphatic heterocycles. The second kappa shape index (κ2) is 15.3. The zero-order chi connectivity index (χ0) is 30.0. The number of benzene rings is 1. The second-order valence-electron chi connectivity index (χ2n) is 10.8. The van der Waals surface area contributed by atoms with Gasteiger partial charge >= 0.3 is 0 Å². The third-order valence-electron chi connectivity index (χ3n) is 7.31. The Balaban J connectivity index is 1.88. The topological polar surface area (TPSA) is 154 Å². The maximum Gasteiger partial charge on any atom is 0.249 e. The van der Waals surface area contributed by atoms with E-state index >= 15 is 0 Å². The maximum atomic E-state index is 13.9. The molecule has 1 aromatic carbocycles. The van der Waals surface area contributed by atoms with E-state index in [1.165, 1.54) is 18.7 Å². The zero-order valence-corrected chi connectivity index (χ0v) is 25.9. The lowest BCUT2D eigenvalue weighted by molar-refractivity contribution is -0.133. The minimum Gasteiger partial charge on any atom is -0.347 e. The van der Waals surface area contributed by atoms with E-state index in [1.807, 2.05) is 44.2 Å². The average molecular weight is 604 g/mol. The SMILES string of the molecule is CN[C@@H](C)C(=O)N[C@H](C(=O)N[C@H](C(=O)Nc1snnc1-c1ccccc1)C(C)(C)SCNC(C)=O)C1CCCCC1. The van der Waals surface area contributed by atoms with E-state index in [9.17, 15) is 19.2 Å². The molecule has 2 aromatic rings. The number of amides is 4. The largest absolute Gasteiger partial charge is 0.347 e. The number of nitrogens with zero attached hydrogens (tertiary/aromatic N) is 2. The monoisotopic (exact) mass is 603 g/mol. The van der Waals surface area contributed by atoms with Gasteiger partial charge in [-0.1, -0.05) is 54.1 Å². The van der Waals surface area contributed by atoms with Gasteiger partial charge in [0.1, 0.15) is 22.8 Å². The minimum absolute atomic E-state index is 0.0361. The molecule has 1 saturated carbocycles. The Kier molecular flexibility index (Phi) is 12.1. The minimum atomic E-state index is -1.01. The lowest BCUT2D eigenvalue weighted by Crippen LogP contribution is -2.61. The molecule has 0 spiro atoms. The quantitative estimate of drug-likeness (QED) is 0.219. The van der Waals surface area contributed by atoms with E-state index in [0.29, 0.717) is 10.7 Å². The molecule has 224 valence electrons.